The van der Waals surface area contributed by atoms with Crippen LogP contribution in [0.1, 0.15) is 4.88 Å². The van der Waals surface area contributed by atoms with E-state index in [2.05, 4.69) is 184 Å². The topological polar surface area (TPSA) is 74.2 Å². The predicted molar refractivity (Wildman–Crippen MR) is 234 cm³/mol. The van der Waals surface area contributed by atoms with E-state index in [4.69, 9.17) is 0 Å². The summed E-state index contributed by atoms with van der Waals surface area (Å²) in [6.45, 7) is 0. The molecule has 1 N–H and O–H groups in total. The first kappa shape index (κ1) is 33.9. The van der Waals surface area contributed by atoms with E-state index in [1.54, 1.807) is 6.07 Å². The molecule has 10 rings (SSSR count). The quantitative estimate of drug-likeness (QED) is 0.124. The fourth-order valence-electron chi connectivity index (χ4n) is 7.99. The van der Waals surface area contributed by atoms with Gasteiger partial charge in [0.25, 0.3) is 0 Å². The van der Waals surface area contributed by atoms with Crippen LogP contribution in [0.5, 0.6) is 0 Å². The number of nitriles is 1. The van der Waals surface area contributed by atoms with E-state index in [1.807, 2.05) is 12.1 Å². The fourth-order valence-corrected chi connectivity index (χ4v) is 8.95. The second-order valence-corrected chi connectivity index (χ2v) is 14.9. The Balaban J connectivity index is 1.06. The van der Waals surface area contributed by atoms with Crippen LogP contribution in [-0.2, 0) is 4.79 Å². The van der Waals surface area contributed by atoms with Gasteiger partial charge in [0.05, 0.1) is 22.1 Å². The first-order valence-electron chi connectivity index (χ1n) is 18.6. The minimum atomic E-state index is -1.23. The fraction of sp³-hybridized carbons (Fsp3) is 0. The molecule has 0 saturated carbocycles. The van der Waals surface area contributed by atoms with Gasteiger partial charge in [0.1, 0.15) is 11.6 Å². The van der Waals surface area contributed by atoms with Crippen molar-refractivity contribution in [2.75, 3.05) is 4.90 Å². The lowest BCUT2D eigenvalue weighted by atomic mass is 10.1. The van der Waals surface area contributed by atoms with Gasteiger partial charge in [-0.3, -0.25) is 0 Å². The van der Waals surface area contributed by atoms with Gasteiger partial charge in [0.15, 0.2) is 0 Å². The summed E-state index contributed by atoms with van der Waals surface area (Å²) in [5, 5.41) is 23.5. The van der Waals surface area contributed by atoms with Gasteiger partial charge in [-0.05, 0) is 109 Å². The van der Waals surface area contributed by atoms with E-state index in [9.17, 15) is 15.2 Å². The zero-order valence-electron chi connectivity index (χ0n) is 30.5. The number of rotatable bonds is 8. The van der Waals surface area contributed by atoms with Crippen molar-refractivity contribution in [2.45, 2.75) is 0 Å². The number of benzene rings is 7. The molecular weight excluding hydrogens is 721 g/mol. The summed E-state index contributed by atoms with van der Waals surface area (Å²) in [5.74, 6) is -1.23. The lowest BCUT2D eigenvalue weighted by molar-refractivity contribution is -0.132. The second-order valence-electron chi connectivity index (χ2n) is 13.8. The van der Waals surface area contributed by atoms with Crippen LogP contribution in [0.2, 0.25) is 0 Å². The standard InChI is InChI=1S/C50H32N4O2S/c51-32-34(50(55)56)31-40-29-30-49(57-40)33-17-19-35(20-18-33)52(36-21-25-38(26-22-36)53-45-13-5-1-9-41(45)42-10-2-6-14-46(42)53)37-23-27-39(28-24-37)54-47-15-7-3-11-43(47)44-12-4-8-16-48(44)54/h1-31H,(H,55,56)/b34-31+. The van der Waals surface area contributed by atoms with Crippen molar-refractivity contribution in [1.29, 1.82) is 5.26 Å². The van der Waals surface area contributed by atoms with Crippen LogP contribution in [-0.4, -0.2) is 20.2 Å². The molecule has 0 atom stereocenters. The van der Waals surface area contributed by atoms with Crippen molar-refractivity contribution in [1.82, 2.24) is 9.13 Å². The third-order valence-corrected chi connectivity index (χ3v) is 11.6. The number of hydrogen-bond acceptors (Lipinski definition) is 4. The maximum absolute atomic E-state index is 11.4. The second kappa shape index (κ2) is 13.9. The first-order valence-corrected chi connectivity index (χ1v) is 19.4. The van der Waals surface area contributed by atoms with Crippen molar-refractivity contribution in [3.8, 4) is 27.9 Å². The van der Waals surface area contributed by atoms with Gasteiger partial charge in [0.2, 0.25) is 0 Å². The van der Waals surface area contributed by atoms with Crippen LogP contribution >= 0.6 is 11.3 Å². The Morgan fingerprint density at radius 1 is 0.526 bits per heavy atom. The molecule has 10 aromatic rings. The molecule has 7 heteroatoms. The largest absolute Gasteiger partial charge is 0.477 e. The summed E-state index contributed by atoms with van der Waals surface area (Å²) in [6.07, 6.45) is 1.42. The Kier molecular flexibility index (Phi) is 8.25. The first-order chi connectivity index (χ1) is 28.1. The number of carbonyl (C=O) groups is 1. The molecule has 0 aliphatic heterocycles. The summed E-state index contributed by atoms with van der Waals surface area (Å²) in [5.41, 5.74) is 10.5. The maximum Gasteiger partial charge on any atom is 0.346 e. The molecule has 6 nitrogen and oxygen atoms in total. The Labute approximate surface area is 332 Å². The van der Waals surface area contributed by atoms with Crippen molar-refractivity contribution in [3.05, 3.63) is 192 Å². The van der Waals surface area contributed by atoms with E-state index in [0.29, 0.717) is 4.88 Å². The number of aromatic nitrogens is 2. The summed E-state index contributed by atoms with van der Waals surface area (Å²) < 4.78 is 4.66. The van der Waals surface area contributed by atoms with E-state index in [1.165, 1.54) is 61.0 Å². The van der Waals surface area contributed by atoms with Crippen molar-refractivity contribution in [2.24, 2.45) is 0 Å². The normalized spacial score (nSPS) is 11.7. The monoisotopic (exact) mass is 752 g/mol. The molecule has 270 valence electrons. The van der Waals surface area contributed by atoms with Crippen LogP contribution < -0.4 is 4.90 Å². The number of carboxylic acids is 1. The van der Waals surface area contributed by atoms with Crippen LogP contribution in [0.15, 0.2) is 188 Å². The smallest absolute Gasteiger partial charge is 0.346 e. The molecule has 0 fully saturated rings. The van der Waals surface area contributed by atoms with Gasteiger partial charge < -0.3 is 19.1 Å². The highest BCUT2D eigenvalue weighted by molar-refractivity contribution is 7.16. The molecule has 3 heterocycles. The molecule has 0 aliphatic rings. The lowest BCUT2D eigenvalue weighted by Gasteiger charge is -2.26. The number of aliphatic carboxylic acids is 1. The molecular formula is C50H32N4O2S. The lowest BCUT2D eigenvalue weighted by Crippen LogP contribution is -2.10. The number of carboxylic acid groups (broad SMARTS) is 1. The third-order valence-electron chi connectivity index (χ3n) is 10.6. The van der Waals surface area contributed by atoms with Crippen LogP contribution in [0, 0.1) is 11.3 Å². The van der Waals surface area contributed by atoms with E-state index >= 15 is 0 Å². The molecule has 0 aliphatic carbocycles. The van der Waals surface area contributed by atoms with Crippen LogP contribution in [0.4, 0.5) is 17.1 Å². The highest BCUT2D eigenvalue weighted by atomic mass is 32.1. The highest BCUT2D eigenvalue weighted by Gasteiger charge is 2.17. The average Bonchev–Trinajstić information content (AvgIpc) is 3.97. The van der Waals surface area contributed by atoms with Gasteiger partial charge in [-0.2, -0.15) is 5.26 Å². The predicted octanol–water partition coefficient (Wildman–Crippen LogP) is 13.1. The molecule has 0 unspecified atom stereocenters. The zero-order chi connectivity index (χ0) is 38.5. The molecule has 0 bridgehead atoms. The Bertz CT molecular complexity index is 2950. The Hall–Kier alpha value is -7.66. The van der Waals surface area contributed by atoms with Crippen molar-refractivity contribution >= 4 is 84.1 Å². The number of thiophene rings is 1. The summed E-state index contributed by atoms with van der Waals surface area (Å²) in [6, 6.07) is 65.6. The third kappa shape index (κ3) is 5.84. The van der Waals surface area contributed by atoms with Crippen molar-refractivity contribution < 1.29 is 9.90 Å². The molecule has 3 aromatic heterocycles. The van der Waals surface area contributed by atoms with E-state index in [-0.39, 0.29) is 5.57 Å². The van der Waals surface area contributed by atoms with E-state index < -0.39 is 5.97 Å². The van der Waals surface area contributed by atoms with Crippen LogP contribution in [0.3, 0.4) is 0 Å². The van der Waals surface area contributed by atoms with Gasteiger partial charge in [-0.25, -0.2) is 4.79 Å². The van der Waals surface area contributed by atoms with E-state index in [0.717, 1.165) is 38.9 Å². The number of hydrogen-bond donors (Lipinski definition) is 1. The average molecular weight is 753 g/mol. The Morgan fingerprint density at radius 3 is 1.30 bits per heavy atom. The van der Waals surface area contributed by atoms with Gasteiger partial charge >= 0.3 is 5.97 Å². The number of para-hydroxylation sites is 4. The summed E-state index contributed by atoms with van der Waals surface area (Å²) in [4.78, 5) is 15.4. The highest BCUT2D eigenvalue weighted by Crippen LogP contribution is 2.40. The van der Waals surface area contributed by atoms with Gasteiger partial charge in [-0.1, -0.05) is 84.9 Å². The molecule has 7 aromatic carbocycles. The SMILES string of the molecule is N#C/C(=C\c1ccc(-c2ccc(N(c3ccc(-n4c5ccccc5c5ccccc54)cc3)c3ccc(-n4c5ccccc5c5ccccc54)cc3)cc2)s1)C(=O)O. The zero-order valence-corrected chi connectivity index (χ0v) is 31.3. The minimum absolute atomic E-state index is 0.289. The summed E-state index contributed by atoms with van der Waals surface area (Å²) in [7, 11) is 0. The van der Waals surface area contributed by atoms with Gasteiger partial charge in [0, 0.05) is 59.7 Å². The molecule has 0 spiro atoms. The number of fused-ring (bicyclic) bond motifs is 6. The van der Waals surface area contributed by atoms with Crippen LogP contribution in [0.25, 0.3) is 71.5 Å². The summed E-state index contributed by atoms with van der Waals surface area (Å²) >= 11 is 1.45. The Morgan fingerprint density at radius 2 is 0.912 bits per heavy atom. The number of nitrogens with zero attached hydrogens (tertiary/aromatic N) is 4. The number of anilines is 3. The maximum atomic E-state index is 11.4. The molecule has 0 saturated heterocycles. The minimum Gasteiger partial charge on any atom is -0.477 e. The molecule has 0 amide bonds. The molecule has 0 radical (unpaired) electrons. The van der Waals surface area contributed by atoms with Crippen molar-refractivity contribution in [3.63, 3.8) is 0 Å². The molecule has 57 heavy (non-hydrogen) atoms. The van der Waals surface area contributed by atoms with Gasteiger partial charge in [-0.15, -0.1) is 11.3 Å².